The summed E-state index contributed by atoms with van der Waals surface area (Å²) in [6.07, 6.45) is 3.48. The van der Waals surface area contributed by atoms with Gasteiger partial charge in [-0.05, 0) is 24.7 Å². The lowest BCUT2D eigenvalue weighted by molar-refractivity contribution is -0.141. The van der Waals surface area contributed by atoms with Crippen LogP contribution < -0.4 is 0 Å². The summed E-state index contributed by atoms with van der Waals surface area (Å²) < 4.78 is 28.1. The van der Waals surface area contributed by atoms with Gasteiger partial charge >= 0.3 is 5.97 Å². The van der Waals surface area contributed by atoms with Gasteiger partial charge in [0.2, 0.25) is 0 Å². The van der Waals surface area contributed by atoms with Gasteiger partial charge in [0, 0.05) is 0 Å². The largest absolute Gasteiger partial charge is 0.469 e. The number of hydrogen-bond donors (Lipinski definition) is 0. The van der Waals surface area contributed by atoms with Crippen molar-refractivity contribution in [3.05, 3.63) is 0 Å². The SMILES string of the molecule is CCCCS(=O)(=O)CC1(CC(=O)OC)CC1. The monoisotopic (exact) mass is 248 g/mol. The number of hydrogen-bond acceptors (Lipinski definition) is 4. The summed E-state index contributed by atoms with van der Waals surface area (Å²) in [5.41, 5.74) is -0.306. The summed E-state index contributed by atoms with van der Waals surface area (Å²) in [4.78, 5) is 11.2. The van der Waals surface area contributed by atoms with Crippen LogP contribution in [-0.2, 0) is 19.4 Å². The second kappa shape index (κ2) is 5.17. The summed E-state index contributed by atoms with van der Waals surface area (Å²) in [7, 11) is -1.66. The first-order valence-corrected chi connectivity index (χ1v) is 7.52. The van der Waals surface area contributed by atoms with Crippen molar-refractivity contribution in [2.24, 2.45) is 5.41 Å². The van der Waals surface area contributed by atoms with Crippen LogP contribution >= 0.6 is 0 Å². The van der Waals surface area contributed by atoms with Crippen LogP contribution in [0.3, 0.4) is 0 Å². The molecule has 1 aliphatic carbocycles. The molecule has 0 aromatic carbocycles. The van der Waals surface area contributed by atoms with Gasteiger partial charge in [-0.15, -0.1) is 0 Å². The smallest absolute Gasteiger partial charge is 0.306 e. The average Bonchev–Trinajstić information content (AvgIpc) is 2.93. The van der Waals surface area contributed by atoms with Gasteiger partial charge in [-0.1, -0.05) is 13.3 Å². The fraction of sp³-hybridized carbons (Fsp3) is 0.909. The van der Waals surface area contributed by atoms with E-state index in [0.717, 1.165) is 19.3 Å². The van der Waals surface area contributed by atoms with Crippen molar-refractivity contribution in [3.8, 4) is 0 Å². The lowest BCUT2D eigenvalue weighted by Crippen LogP contribution is -2.23. The minimum absolute atomic E-state index is 0.148. The van der Waals surface area contributed by atoms with Gasteiger partial charge in [-0.25, -0.2) is 8.42 Å². The molecule has 0 saturated heterocycles. The number of carbonyl (C=O) groups excluding carboxylic acids is 1. The molecule has 1 saturated carbocycles. The molecule has 1 fully saturated rings. The molecular weight excluding hydrogens is 228 g/mol. The molecule has 0 aromatic rings. The fourth-order valence-corrected chi connectivity index (χ4v) is 4.03. The molecule has 0 radical (unpaired) electrons. The van der Waals surface area contributed by atoms with Crippen LogP contribution in [0.1, 0.15) is 39.0 Å². The van der Waals surface area contributed by atoms with Crippen LogP contribution in [0.25, 0.3) is 0 Å². The number of rotatable bonds is 7. The minimum Gasteiger partial charge on any atom is -0.469 e. The van der Waals surface area contributed by atoms with Gasteiger partial charge in [0.25, 0.3) is 0 Å². The van der Waals surface area contributed by atoms with Crippen molar-refractivity contribution < 1.29 is 17.9 Å². The van der Waals surface area contributed by atoms with Gasteiger partial charge in [0.1, 0.15) is 0 Å². The van der Waals surface area contributed by atoms with Crippen molar-refractivity contribution in [1.82, 2.24) is 0 Å². The van der Waals surface area contributed by atoms with E-state index >= 15 is 0 Å². The zero-order chi connectivity index (χ0) is 12.2. The topological polar surface area (TPSA) is 60.4 Å². The third kappa shape index (κ3) is 4.12. The van der Waals surface area contributed by atoms with Crippen molar-refractivity contribution in [1.29, 1.82) is 0 Å². The standard InChI is InChI=1S/C11H20O4S/c1-3-4-7-16(13,14)9-11(5-6-11)8-10(12)15-2/h3-9H2,1-2H3. The molecule has 0 N–H and O–H groups in total. The van der Waals surface area contributed by atoms with Crippen LogP contribution in [0, 0.1) is 5.41 Å². The van der Waals surface area contributed by atoms with Gasteiger partial charge in [0.05, 0.1) is 25.0 Å². The van der Waals surface area contributed by atoms with Crippen molar-refractivity contribution >= 4 is 15.8 Å². The van der Waals surface area contributed by atoms with Gasteiger partial charge in [-0.2, -0.15) is 0 Å². The van der Waals surface area contributed by atoms with E-state index in [2.05, 4.69) is 4.74 Å². The summed E-state index contributed by atoms with van der Waals surface area (Å²) in [6.45, 7) is 1.97. The molecule has 0 aromatic heterocycles. The molecule has 0 unspecified atom stereocenters. The third-order valence-electron chi connectivity index (χ3n) is 3.04. The summed E-state index contributed by atoms with van der Waals surface area (Å²) in [6, 6.07) is 0. The van der Waals surface area contributed by atoms with Gasteiger partial charge < -0.3 is 4.74 Å². The Morgan fingerprint density at radius 3 is 2.44 bits per heavy atom. The highest BCUT2D eigenvalue weighted by Crippen LogP contribution is 2.50. The van der Waals surface area contributed by atoms with Crippen LogP contribution in [-0.4, -0.2) is 33.0 Å². The van der Waals surface area contributed by atoms with Crippen LogP contribution in [0.5, 0.6) is 0 Å². The molecule has 1 rings (SSSR count). The first-order valence-electron chi connectivity index (χ1n) is 5.70. The molecule has 5 heteroatoms. The maximum Gasteiger partial charge on any atom is 0.306 e. The average molecular weight is 248 g/mol. The van der Waals surface area contributed by atoms with E-state index in [1.165, 1.54) is 7.11 Å². The molecule has 0 atom stereocenters. The lowest BCUT2D eigenvalue weighted by Gasteiger charge is -2.13. The predicted molar refractivity (Wildman–Crippen MR) is 61.9 cm³/mol. The van der Waals surface area contributed by atoms with Crippen molar-refractivity contribution in [2.75, 3.05) is 18.6 Å². The molecule has 0 spiro atoms. The normalized spacial score (nSPS) is 18.1. The maximum absolute atomic E-state index is 11.8. The second-order valence-electron chi connectivity index (χ2n) is 4.70. The van der Waals surface area contributed by atoms with Gasteiger partial charge in [-0.3, -0.25) is 4.79 Å². The van der Waals surface area contributed by atoms with Crippen molar-refractivity contribution in [2.45, 2.75) is 39.0 Å². The molecule has 0 aliphatic heterocycles. The highest BCUT2D eigenvalue weighted by Gasteiger charge is 2.47. The zero-order valence-electron chi connectivity index (χ0n) is 9.99. The number of methoxy groups -OCH3 is 1. The Hall–Kier alpha value is -0.580. The minimum atomic E-state index is -3.00. The molecule has 0 bridgehead atoms. The van der Waals surface area contributed by atoms with Crippen LogP contribution in [0.15, 0.2) is 0 Å². The molecule has 0 heterocycles. The second-order valence-corrected chi connectivity index (χ2v) is 6.88. The first kappa shape index (κ1) is 13.5. The number of sulfone groups is 1. The number of esters is 1. The Morgan fingerprint density at radius 1 is 1.38 bits per heavy atom. The van der Waals surface area contributed by atoms with E-state index in [0.29, 0.717) is 6.42 Å². The Bertz CT molecular complexity index is 341. The Labute approximate surface area is 97.3 Å². The molecule has 1 aliphatic rings. The fourth-order valence-electron chi connectivity index (χ4n) is 1.83. The van der Waals surface area contributed by atoms with E-state index in [4.69, 9.17) is 0 Å². The zero-order valence-corrected chi connectivity index (χ0v) is 10.8. The Morgan fingerprint density at radius 2 is 2.00 bits per heavy atom. The predicted octanol–water partition coefficient (Wildman–Crippen LogP) is 1.54. The van der Waals surface area contributed by atoms with E-state index in [9.17, 15) is 13.2 Å². The van der Waals surface area contributed by atoms with E-state index in [1.807, 2.05) is 6.92 Å². The Kier molecular flexibility index (Phi) is 4.35. The number of ether oxygens (including phenoxy) is 1. The number of unbranched alkanes of at least 4 members (excludes halogenated alkanes) is 1. The summed E-state index contributed by atoms with van der Waals surface area (Å²) in [5, 5.41) is 0. The van der Waals surface area contributed by atoms with Crippen LogP contribution in [0.4, 0.5) is 0 Å². The summed E-state index contributed by atoms with van der Waals surface area (Å²) in [5.74, 6) is 0.0878. The van der Waals surface area contributed by atoms with Crippen LogP contribution in [0.2, 0.25) is 0 Å². The molecular formula is C11H20O4S. The van der Waals surface area contributed by atoms with E-state index in [1.54, 1.807) is 0 Å². The maximum atomic E-state index is 11.8. The Balaban J connectivity index is 2.50. The number of carbonyl (C=O) groups is 1. The molecule has 16 heavy (non-hydrogen) atoms. The first-order chi connectivity index (χ1) is 7.43. The molecule has 4 nitrogen and oxygen atoms in total. The summed E-state index contributed by atoms with van der Waals surface area (Å²) >= 11 is 0. The highest BCUT2D eigenvalue weighted by atomic mass is 32.2. The molecule has 94 valence electrons. The molecule has 0 amide bonds. The lowest BCUT2D eigenvalue weighted by atomic mass is 10.1. The quantitative estimate of drug-likeness (QED) is 0.641. The van der Waals surface area contributed by atoms with Gasteiger partial charge in [0.15, 0.2) is 9.84 Å². The highest BCUT2D eigenvalue weighted by molar-refractivity contribution is 7.91. The van der Waals surface area contributed by atoms with Crippen molar-refractivity contribution in [3.63, 3.8) is 0 Å². The van der Waals surface area contributed by atoms with E-state index < -0.39 is 9.84 Å². The van der Waals surface area contributed by atoms with E-state index in [-0.39, 0.29) is 29.3 Å². The third-order valence-corrected chi connectivity index (χ3v) is 5.00.